The van der Waals surface area contributed by atoms with Gasteiger partial charge in [0.1, 0.15) is 4.99 Å². The van der Waals surface area contributed by atoms with Gasteiger partial charge in [-0.05, 0) is 5.56 Å². The van der Waals surface area contributed by atoms with Gasteiger partial charge in [-0.15, -0.1) is 0 Å². The number of aliphatic hydroxyl groups excluding tert-OH is 1. The fourth-order valence-electron chi connectivity index (χ4n) is 1.76. The van der Waals surface area contributed by atoms with Crippen molar-refractivity contribution >= 4 is 27.2 Å². The number of hydrogen-bond donors (Lipinski definition) is 2. The lowest BCUT2D eigenvalue weighted by Gasteiger charge is -2.21. The summed E-state index contributed by atoms with van der Waals surface area (Å²) in [6, 6.07) is 6.75. The summed E-state index contributed by atoms with van der Waals surface area (Å²) < 4.78 is 30.8. The second kappa shape index (κ2) is 8.40. The Morgan fingerprint density at radius 1 is 1.33 bits per heavy atom. The molecule has 0 bridgehead atoms. The first-order valence-electron chi connectivity index (χ1n) is 6.37. The van der Waals surface area contributed by atoms with Crippen molar-refractivity contribution in [2.75, 3.05) is 33.4 Å². The molecule has 3 N–H and O–H groups in total. The molecule has 0 amide bonds. The molecule has 0 unspecified atom stereocenters. The predicted octanol–water partition coefficient (Wildman–Crippen LogP) is 0.0913. The number of aliphatic hydroxyl groups is 1. The molecule has 0 saturated carbocycles. The third kappa shape index (κ3) is 5.68. The minimum absolute atomic E-state index is 0.0522. The zero-order valence-electron chi connectivity index (χ0n) is 11.9. The smallest absolute Gasteiger partial charge is 0.218 e. The first-order chi connectivity index (χ1) is 9.90. The van der Waals surface area contributed by atoms with Crippen molar-refractivity contribution in [2.45, 2.75) is 5.75 Å². The van der Waals surface area contributed by atoms with Gasteiger partial charge in [0.2, 0.25) is 10.0 Å². The number of thiocarbonyl (C=S) groups is 1. The van der Waals surface area contributed by atoms with Crippen molar-refractivity contribution in [3.8, 4) is 0 Å². The van der Waals surface area contributed by atoms with E-state index in [1.165, 1.54) is 11.4 Å². The summed E-state index contributed by atoms with van der Waals surface area (Å²) in [6.45, 7) is 0.309. The number of nitrogens with zero attached hydrogens (tertiary/aromatic N) is 1. The molecule has 0 aliphatic carbocycles. The van der Waals surface area contributed by atoms with Gasteiger partial charge in [0, 0.05) is 25.8 Å². The van der Waals surface area contributed by atoms with Crippen molar-refractivity contribution in [3.63, 3.8) is 0 Å². The van der Waals surface area contributed by atoms with Crippen LogP contribution in [0, 0.1) is 0 Å². The third-order valence-corrected chi connectivity index (χ3v) is 4.96. The molecule has 1 aromatic rings. The highest BCUT2D eigenvalue weighted by atomic mass is 32.2. The molecule has 0 aromatic heterocycles. The van der Waals surface area contributed by atoms with Gasteiger partial charge in [0.15, 0.2) is 0 Å². The maximum absolute atomic E-state index is 12.3. The molecular formula is C13H20N2O4S2. The minimum atomic E-state index is -3.51. The Kier molecular flexibility index (Phi) is 7.20. The highest BCUT2D eigenvalue weighted by Crippen LogP contribution is 2.12. The average molecular weight is 332 g/mol. The highest BCUT2D eigenvalue weighted by molar-refractivity contribution is 7.88. The first kappa shape index (κ1) is 18.0. The molecule has 0 aliphatic rings. The second-order valence-electron chi connectivity index (χ2n) is 4.43. The fourth-order valence-corrected chi connectivity index (χ4v) is 3.41. The quantitative estimate of drug-likeness (QED) is 0.623. The summed E-state index contributed by atoms with van der Waals surface area (Å²) in [5.74, 6) is -0.145. The third-order valence-electron chi connectivity index (χ3n) is 2.88. The number of benzene rings is 1. The van der Waals surface area contributed by atoms with E-state index in [9.17, 15) is 8.42 Å². The molecule has 118 valence electrons. The van der Waals surface area contributed by atoms with Crippen LogP contribution >= 0.6 is 12.2 Å². The summed E-state index contributed by atoms with van der Waals surface area (Å²) in [6.07, 6.45) is 0. The van der Waals surface area contributed by atoms with E-state index in [-0.39, 0.29) is 37.0 Å². The summed E-state index contributed by atoms with van der Waals surface area (Å²) in [7, 11) is -2.02. The molecular weight excluding hydrogens is 312 g/mol. The van der Waals surface area contributed by atoms with Crippen LogP contribution in [0.5, 0.6) is 0 Å². The highest BCUT2D eigenvalue weighted by Gasteiger charge is 2.21. The van der Waals surface area contributed by atoms with E-state index in [2.05, 4.69) is 0 Å². The molecule has 0 fully saturated rings. The van der Waals surface area contributed by atoms with Crippen LogP contribution in [0.3, 0.4) is 0 Å². The van der Waals surface area contributed by atoms with Crippen LogP contribution in [0.4, 0.5) is 0 Å². The van der Waals surface area contributed by atoms with Gasteiger partial charge in [-0.2, -0.15) is 4.31 Å². The lowest BCUT2D eigenvalue weighted by Crippen LogP contribution is -2.37. The van der Waals surface area contributed by atoms with Crippen LogP contribution in [-0.2, 0) is 20.5 Å². The van der Waals surface area contributed by atoms with Crippen molar-refractivity contribution < 1.29 is 18.3 Å². The summed E-state index contributed by atoms with van der Waals surface area (Å²) >= 11 is 4.85. The van der Waals surface area contributed by atoms with Gasteiger partial charge in [-0.3, -0.25) is 0 Å². The summed E-state index contributed by atoms with van der Waals surface area (Å²) in [4.78, 5) is 0.270. The van der Waals surface area contributed by atoms with Crippen molar-refractivity contribution in [1.29, 1.82) is 0 Å². The van der Waals surface area contributed by atoms with Crippen LogP contribution < -0.4 is 5.73 Å². The Bertz CT molecular complexity index is 558. The lowest BCUT2D eigenvalue weighted by molar-refractivity contribution is 0.168. The maximum Gasteiger partial charge on any atom is 0.218 e. The summed E-state index contributed by atoms with van der Waals surface area (Å²) in [5, 5.41) is 8.99. The van der Waals surface area contributed by atoms with Crippen LogP contribution in [0.15, 0.2) is 24.3 Å². The van der Waals surface area contributed by atoms with Gasteiger partial charge in [0.05, 0.1) is 19.0 Å². The van der Waals surface area contributed by atoms with E-state index in [0.717, 1.165) is 0 Å². The number of ether oxygens (including phenoxy) is 1. The SMILES string of the molecule is COCCN(CCO)S(=O)(=O)Cc1ccc(C(N)=S)cc1. The van der Waals surface area contributed by atoms with Crippen LogP contribution in [0.1, 0.15) is 11.1 Å². The minimum Gasteiger partial charge on any atom is -0.395 e. The molecule has 0 spiro atoms. The Labute approximate surface area is 130 Å². The zero-order valence-corrected chi connectivity index (χ0v) is 13.5. The van der Waals surface area contributed by atoms with Gasteiger partial charge in [0.25, 0.3) is 0 Å². The van der Waals surface area contributed by atoms with E-state index in [0.29, 0.717) is 11.1 Å². The molecule has 0 radical (unpaired) electrons. The normalized spacial score (nSPS) is 11.8. The van der Waals surface area contributed by atoms with Crippen LogP contribution in [0.25, 0.3) is 0 Å². The number of rotatable bonds is 9. The predicted molar refractivity (Wildman–Crippen MR) is 85.5 cm³/mol. The topological polar surface area (TPSA) is 92.9 Å². The fraction of sp³-hybridized carbons (Fsp3) is 0.462. The monoisotopic (exact) mass is 332 g/mol. The van der Waals surface area contributed by atoms with E-state index in [1.807, 2.05) is 0 Å². The molecule has 8 heteroatoms. The molecule has 1 rings (SSSR count). The number of sulfonamides is 1. The van der Waals surface area contributed by atoms with E-state index >= 15 is 0 Å². The molecule has 0 heterocycles. The second-order valence-corrected chi connectivity index (χ2v) is 6.84. The Balaban J connectivity index is 2.83. The number of hydrogen-bond acceptors (Lipinski definition) is 5. The standard InChI is InChI=1S/C13H20N2O4S2/c1-19-9-7-15(6-8-16)21(17,18)10-11-2-4-12(5-3-11)13(14)20/h2-5,16H,6-10H2,1H3,(H2,14,20). The van der Waals surface area contributed by atoms with Crippen LogP contribution in [0.2, 0.25) is 0 Å². The van der Waals surface area contributed by atoms with Gasteiger partial charge in [-0.25, -0.2) is 8.42 Å². The van der Waals surface area contributed by atoms with Gasteiger partial charge in [-0.1, -0.05) is 36.5 Å². The van der Waals surface area contributed by atoms with Gasteiger partial charge < -0.3 is 15.6 Å². The summed E-state index contributed by atoms with van der Waals surface area (Å²) in [5.41, 5.74) is 6.82. The molecule has 21 heavy (non-hydrogen) atoms. The largest absolute Gasteiger partial charge is 0.395 e. The Morgan fingerprint density at radius 3 is 2.43 bits per heavy atom. The zero-order chi connectivity index (χ0) is 15.9. The molecule has 6 nitrogen and oxygen atoms in total. The van der Waals surface area contributed by atoms with Crippen LogP contribution in [-0.4, -0.2) is 56.2 Å². The van der Waals surface area contributed by atoms with Crippen molar-refractivity contribution in [3.05, 3.63) is 35.4 Å². The Morgan fingerprint density at radius 2 is 1.95 bits per heavy atom. The van der Waals surface area contributed by atoms with E-state index in [1.54, 1.807) is 24.3 Å². The first-order valence-corrected chi connectivity index (χ1v) is 8.39. The Hall–Kier alpha value is -1.06. The molecule has 0 atom stereocenters. The molecule has 0 saturated heterocycles. The van der Waals surface area contributed by atoms with Crippen molar-refractivity contribution in [1.82, 2.24) is 4.31 Å². The number of nitrogens with two attached hydrogens (primary N) is 1. The van der Waals surface area contributed by atoms with Gasteiger partial charge >= 0.3 is 0 Å². The van der Waals surface area contributed by atoms with E-state index < -0.39 is 10.0 Å². The maximum atomic E-state index is 12.3. The number of methoxy groups -OCH3 is 1. The lowest BCUT2D eigenvalue weighted by atomic mass is 10.1. The van der Waals surface area contributed by atoms with Crippen molar-refractivity contribution in [2.24, 2.45) is 5.73 Å². The molecule has 0 aliphatic heterocycles. The average Bonchev–Trinajstić information content (AvgIpc) is 2.43. The van der Waals surface area contributed by atoms with E-state index in [4.69, 9.17) is 27.8 Å². The molecule has 1 aromatic carbocycles.